The predicted octanol–water partition coefficient (Wildman–Crippen LogP) is 2.99. The highest BCUT2D eigenvalue weighted by Gasteiger charge is 2.40. The summed E-state index contributed by atoms with van der Waals surface area (Å²) in [6.45, 7) is 2.50. The van der Waals surface area contributed by atoms with Crippen LogP contribution in [0.4, 0.5) is 0 Å². The van der Waals surface area contributed by atoms with E-state index in [1.807, 2.05) is 24.3 Å². The number of nitrogens with one attached hydrogen (secondary N) is 1. The number of benzene rings is 1. The van der Waals surface area contributed by atoms with Crippen molar-refractivity contribution in [3.05, 3.63) is 28.7 Å². The van der Waals surface area contributed by atoms with Gasteiger partial charge in [0.2, 0.25) is 0 Å². The Labute approximate surface area is 122 Å². The maximum absolute atomic E-state index is 5.81. The first kappa shape index (κ1) is 13.4. The van der Waals surface area contributed by atoms with E-state index in [2.05, 4.69) is 21.2 Å². The van der Waals surface area contributed by atoms with Gasteiger partial charge in [-0.3, -0.25) is 0 Å². The van der Waals surface area contributed by atoms with Gasteiger partial charge in [-0.2, -0.15) is 0 Å². The van der Waals surface area contributed by atoms with E-state index in [0.717, 1.165) is 35.7 Å². The van der Waals surface area contributed by atoms with E-state index in [1.165, 1.54) is 12.8 Å². The van der Waals surface area contributed by atoms with Gasteiger partial charge < -0.3 is 14.8 Å². The smallest absolute Gasteiger partial charge is 0.119 e. The van der Waals surface area contributed by atoms with Gasteiger partial charge in [0.05, 0.1) is 6.10 Å². The lowest BCUT2D eigenvalue weighted by Crippen LogP contribution is -2.39. The molecule has 0 spiro atoms. The van der Waals surface area contributed by atoms with Crippen LogP contribution < -0.4 is 10.1 Å². The SMILES string of the molecule is Brc1ccc(OCCNC2CCOC2C2CC2)cc1. The summed E-state index contributed by atoms with van der Waals surface area (Å²) >= 11 is 3.42. The molecular formula is C15H20BrNO2. The van der Waals surface area contributed by atoms with Gasteiger partial charge in [0.15, 0.2) is 0 Å². The fourth-order valence-electron chi connectivity index (χ4n) is 2.66. The second-order valence-electron chi connectivity index (χ2n) is 5.32. The molecule has 1 aromatic rings. The Kier molecular flexibility index (Phi) is 4.41. The minimum absolute atomic E-state index is 0.452. The third-order valence-electron chi connectivity index (χ3n) is 3.81. The zero-order valence-corrected chi connectivity index (χ0v) is 12.6. The van der Waals surface area contributed by atoms with Crippen LogP contribution in [-0.2, 0) is 4.74 Å². The van der Waals surface area contributed by atoms with Crippen LogP contribution >= 0.6 is 15.9 Å². The molecule has 1 aliphatic heterocycles. The average molecular weight is 326 g/mol. The van der Waals surface area contributed by atoms with Crippen molar-refractivity contribution in [3.63, 3.8) is 0 Å². The van der Waals surface area contributed by atoms with Crippen molar-refractivity contribution >= 4 is 15.9 Å². The van der Waals surface area contributed by atoms with Gasteiger partial charge in [0, 0.05) is 23.7 Å². The van der Waals surface area contributed by atoms with E-state index >= 15 is 0 Å². The molecule has 0 amide bonds. The normalized spacial score (nSPS) is 26.6. The Balaban J connectivity index is 1.37. The molecular weight excluding hydrogens is 306 g/mol. The molecule has 1 saturated carbocycles. The second kappa shape index (κ2) is 6.25. The van der Waals surface area contributed by atoms with E-state index in [0.29, 0.717) is 18.8 Å². The predicted molar refractivity (Wildman–Crippen MR) is 78.5 cm³/mol. The molecule has 1 N–H and O–H groups in total. The van der Waals surface area contributed by atoms with Crippen molar-refractivity contribution < 1.29 is 9.47 Å². The van der Waals surface area contributed by atoms with Crippen molar-refractivity contribution in [1.82, 2.24) is 5.32 Å². The highest BCUT2D eigenvalue weighted by molar-refractivity contribution is 9.10. The molecule has 1 saturated heterocycles. The molecule has 3 rings (SSSR count). The number of halogens is 1. The van der Waals surface area contributed by atoms with Gasteiger partial charge in [0.25, 0.3) is 0 Å². The van der Waals surface area contributed by atoms with Gasteiger partial charge in [-0.05, 0) is 49.4 Å². The second-order valence-corrected chi connectivity index (χ2v) is 6.24. The molecule has 4 heteroatoms. The van der Waals surface area contributed by atoms with E-state index in [-0.39, 0.29) is 0 Å². The zero-order valence-electron chi connectivity index (χ0n) is 11.0. The first-order valence-electron chi connectivity index (χ1n) is 7.06. The first-order chi connectivity index (χ1) is 9.33. The van der Waals surface area contributed by atoms with Crippen LogP contribution in [0.15, 0.2) is 28.7 Å². The summed E-state index contributed by atoms with van der Waals surface area (Å²) in [5, 5.41) is 3.58. The van der Waals surface area contributed by atoms with Crippen LogP contribution in [0.5, 0.6) is 5.75 Å². The lowest BCUT2D eigenvalue weighted by molar-refractivity contribution is 0.0804. The Morgan fingerprint density at radius 2 is 2.00 bits per heavy atom. The van der Waals surface area contributed by atoms with Crippen LogP contribution in [0.3, 0.4) is 0 Å². The van der Waals surface area contributed by atoms with Gasteiger partial charge in [-0.25, -0.2) is 0 Å². The van der Waals surface area contributed by atoms with Crippen molar-refractivity contribution in [2.75, 3.05) is 19.8 Å². The van der Waals surface area contributed by atoms with Gasteiger partial charge in [-0.15, -0.1) is 0 Å². The molecule has 0 bridgehead atoms. The lowest BCUT2D eigenvalue weighted by atomic mass is 10.1. The molecule has 2 unspecified atom stereocenters. The molecule has 0 aromatic heterocycles. The summed E-state index contributed by atoms with van der Waals surface area (Å²) in [4.78, 5) is 0. The van der Waals surface area contributed by atoms with Crippen molar-refractivity contribution in [2.45, 2.75) is 31.4 Å². The highest BCUT2D eigenvalue weighted by Crippen LogP contribution is 2.38. The van der Waals surface area contributed by atoms with Crippen molar-refractivity contribution in [3.8, 4) is 5.75 Å². The molecule has 2 fully saturated rings. The van der Waals surface area contributed by atoms with Gasteiger partial charge in [0.1, 0.15) is 12.4 Å². The van der Waals surface area contributed by atoms with E-state index < -0.39 is 0 Å². The number of rotatable bonds is 6. The number of hydrogen-bond acceptors (Lipinski definition) is 3. The maximum atomic E-state index is 5.81. The molecule has 3 nitrogen and oxygen atoms in total. The van der Waals surface area contributed by atoms with Gasteiger partial charge in [-0.1, -0.05) is 15.9 Å². The summed E-state index contributed by atoms with van der Waals surface area (Å²) in [6, 6.07) is 8.49. The topological polar surface area (TPSA) is 30.5 Å². The largest absolute Gasteiger partial charge is 0.492 e. The van der Waals surface area contributed by atoms with Crippen LogP contribution in [0.1, 0.15) is 19.3 Å². The Hall–Kier alpha value is -0.580. The molecule has 104 valence electrons. The molecule has 1 aromatic carbocycles. The van der Waals surface area contributed by atoms with E-state index in [4.69, 9.17) is 9.47 Å². The maximum Gasteiger partial charge on any atom is 0.119 e. The van der Waals surface area contributed by atoms with Crippen LogP contribution in [0.2, 0.25) is 0 Å². The average Bonchev–Trinajstić information content (AvgIpc) is 3.16. The summed E-state index contributed by atoms with van der Waals surface area (Å²) < 4.78 is 12.6. The summed E-state index contributed by atoms with van der Waals surface area (Å²) in [5.41, 5.74) is 0. The molecule has 2 aliphatic rings. The molecule has 1 heterocycles. The monoisotopic (exact) mass is 325 g/mol. The van der Waals surface area contributed by atoms with E-state index in [1.54, 1.807) is 0 Å². The van der Waals surface area contributed by atoms with E-state index in [9.17, 15) is 0 Å². The quantitative estimate of drug-likeness (QED) is 0.815. The Morgan fingerprint density at radius 3 is 2.74 bits per heavy atom. The summed E-state index contributed by atoms with van der Waals surface area (Å²) in [5.74, 6) is 1.74. The highest BCUT2D eigenvalue weighted by atomic mass is 79.9. The lowest BCUT2D eigenvalue weighted by Gasteiger charge is -2.19. The number of hydrogen-bond donors (Lipinski definition) is 1. The third kappa shape index (κ3) is 3.71. The number of ether oxygens (including phenoxy) is 2. The summed E-state index contributed by atoms with van der Waals surface area (Å²) in [7, 11) is 0. The molecule has 0 radical (unpaired) electrons. The fraction of sp³-hybridized carbons (Fsp3) is 0.600. The minimum atomic E-state index is 0.452. The van der Waals surface area contributed by atoms with Crippen LogP contribution in [0.25, 0.3) is 0 Å². The van der Waals surface area contributed by atoms with Crippen molar-refractivity contribution in [1.29, 1.82) is 0 Å². The molecule has 1 aliphatic carbocycles. The molecule has 19 heavy (non-hydrogen) atoms. The minimum Gasteiger partial charge on any atom is -0.492 e. The Morgan fingerprint density at radius 1 is 1.21 bits per heavy atom. The third-order valence-corrected chi connectivity index (χ3v) is 4.34. The standard InChI is InChI=1S/C15H20BrNO2/c16-12-3-5-13(6-4-12)18-10-8-17-14-7-9-19-15(14)11-1-2-11/h3-6,11,14-15,17H,1-2,7-10H2. The first-order valence-corrected chi connectivity index (χ1v) is 7.85. The van der Waals surface area contributed by atoms with Crippen molar-refractivity contribution in [2.24, 2.45) is 5.92 Å². The molecule has 2 atom stereocenters. The fourth-order valence-corrected chi connectivity index (χ4v) is 2.93. The van der Waals surface area contributed by atoms with Crippen LogP contribution in [0, 0.1) is 5.92 Å². The Bertz CT molecular complexity index is 405. The van der Waals surface area contributed by atoms with Crippen LogP contribution in [-0.4, -0.2) is 31.9 Å². The zero-order chi connectivity index (χ0) is 13.1. The summed E-state index contributed by atoms with van der Waals surface area (Å²) in [6.07, 6.45) is 4.28. The van der Waals surface area contributed by atoms with Gasteiger partial charge >= 0.3 is 0 Å².